The molecule has 3 aromatic rings. The smallest absolute Gasteiger partial charge is 0.227 e. The van der Waals surface area contributed by atoms with Crippen molar-refractivity contribution in [2.45, 2.75) is 19.4 Å². The van der Waals surface area contributed by atoms with Crippen molar-refractivity contribution in [3.05, 3.63) is 95.8 Å². The molecule has 0 saturated carbocycles. The lowest BCUT2D eigenvalue weighted by molar-refractivity contribution is -0.118. The Morgan fingerprint density at radius 2 is 1.73 bits per heavy atom. The Morgan fingerprint density at radius 3 is 2.42 bits per heavy atom. The SMILES string of the molecule is O=C(CCc1ccccc1)N(Cc1ccccn1)c1ccc(F)cc1F. The van der Waals surface area contributed by atoms with Gasteiger partial charge in [0.1, 0.15) is 11.6 Å². The highest BCUT2D eigenvalue weighted by Crippen LogP contribution is 2.23. The molecule has 0 unspecified atom stereocenters. The van der Waals surface area contributed by atoms with Crippen LogP contribution in [-0.2, 0) is 17.8 Å². The van der Waals surface area contributed by atoms with Crippen LogP contribution in [0.25, 0.3) is 0 Å². The molecule has 0 N–H and O–H groups in total. The number of carbonyl (C=O) groups is 1. The van der Waals surface area contributed by atoms with Crippen LogP contribution in [0.1, 0.15) is 17.7 Å². The third-order valence-electron chi connectivity index (χ3n) is 4.02. The Kier molecular flexibility index (Phi) is 5.69. The molecule has 0 spiro atoms. The summed E-state index contributed by atoms with van der Waals surface area (Å²) in [6.45, 7) is 0.122. The second-order valence-corrected chi connectivity index (χ2v) is 5.88. The first-order chi connectivity index (χ1) is 12.6. The molecule has 1 heterocycles. The second-order valence-electron chi connectivity index (χ2n) is 5.88. The van der Waals surface area contributed by atoms with Crippen LogP contribution >= 0.6 is 0 Å². The quantitative estimate of drug-likeness (QED) is 0.653. The Bertz CT molecular complexity index is 870. The first kappa shape index (κ1) is 17.7. The standard InChI is InChI=1S/C21H18F2N2O/c22-17-10-11-20(19(23)14-17)25(15-18-8-4-5-13-24-18)21(26)12-9-16-6-2-1-3-7-16/h1-8,10-11,13-14H,9,12,15H2. The van der Waals surface area contributed by atoms with Gasteiger partial charge in [-0.15, -0.1) is 0 Å². The molecule has 132 valence electrons. The molecule has 0 radical (unpaired) electrons. The van der Waals surface area contributed by atoms with Crippen LogP contribution in [0.3, 0.4) is 0 Å². The van der Waals surface area contributed by atoms with Crippen LogP contribution in [-0.4, -0.2) is 10.9 Å². The predicted molar refractivity (Wildman–Crippen MR) is 96.5 cm³/mol. The fourth-order valence-corrected chi connectivity index (χ4v) is 2.69. The fourth-order valence-electron chi connectivity index (χ4n) is 2.69. The summed E-state index contributed by atoms with van der Waals surface area (Å²) in [6, 6.07) is 18.2. The topological polar surface area (TPSA) is 33.2 Å². The number of aromatic nitrogens is 1. The van der Waals surface area contributed by atoms with Gasteiger partial charge in [0.15, 0.2) is 0 Å². The summed E-state index contributed by atoms with van der Waals surface area (Å²) in [5.74, 6) is -1.69. The summed E-state index contributed by atoms with van der Waals surface area (Å²) in [7, 11) is 0. The molecular weight excluding hydrogens is 334 g/mol. The molecule has 0 aliphatic heterocycles. The van der Waals surface area contributed by atoms with Crippen molar-refractivity contribution in [3.8, 4) is 0 Å². The maximum absolute atomic E-state index is 14.3. The molecule has 3 nitrogen and oxygen atoms in total. The van der Waals surface area contributed by atoms with E-state index in [9.17, 15) is 13.6 Å². The van der Waals surface area contributed by atoms with Crippen LogP contribution in [0.4, 0.5) is 14.5 Å². The number of amides is 1. The zero-order valence-electron chi connectivity index (χ0n) is 14.1. The average molecular weight is 352 g/mol. The lowest BCUT2D eigenvalue weighted by Crippen LogP contribution is -2.31. The minimum Gasteiger partial charge on any atom is -0.304 e. The van der Waals surface area contributed by atoms with Crippen molar-refractivity contribution in [3.63, 3.8) is 0 Å². The van der Waals surface area contributed by atoms with E-state index in [0.717, 1.165) is 17.7 Å². The highest BCUT2D eigenvalue weighted by molar-refractivity contribution is 5.93. The number of nitrogens with zero attached hydrogens (tertiary/aromatic N) is 2. The van der Waals surface area contributed by atoms with Gasteiger partial charge >= 0.3 is 0 Å². The summed E-state index contributed by atoms with van der Waals surface area (Å²) in [5.41, 5.74) is 1.71. The van der Waals surface area contributed by atoms with Gasteiger partial charge < -0.3 is 4.90 Å². The Labute approximate surface area is 150 Å². The van der Waals surface area contributed by atoms with E-state index >= 15 is 0 Å². The Hall–Kier alpha value is -3.08. The fraction of sp³-hybridized carbons (Fsp3) is 0.143. The molecule has 2 aromatic carbocycles. The first-order valence-corrected chi connectivity index (χ1v) is 8.33. The molecule has 0 atom stereocenters. The molecule has 1 aromatic heterocycles. The Balaban J connectivity index is 1.83. The number of pyridine rings is 1. The van der Waals surface area contributed by atoms with Gasteiger partial charge in [-0.2, -0.15) is 0 Å². The van der Waals surface area contributed by atoms with Crippen LogP contribution in [0.5, 0.6) is 0 Å². The zero-order chi connectivity index (χ0) is 18.4. The van der Waals surface area contributed by atoms with E-state index < -0.39 is 11.6 Å². The molecule has 0 saturated heterocycles. The predicted octanol–water partition coefficient (Wildman–Crippen LogP) is 4.53. The van der Waals surface area contributed by atoms with Gasteiger partial charge in [-0.1, -0.05) is 36.4 Å². The minimum atomic E-state index is -0.769. The van der Waals surface area contributed by atoms with Crippen molar-refractivity contribution < 1.29 is 13.6 Å². The molecule has 0 bridgehead atoms. The lowest BCUT2D eigenvalue weighted by Gasteiger charge is -2.23. The molecule has 0 fully saturated rings. The number of anilines is 1. The van der Waals surface area contributed by atoms with Crippen molar-refractivity contribution in [2.75, 3.05) is 4.90 Å². The third kappa shape index (κ3) is 4.51. The molecule has 0 aliphatic carbocycles. The maximum atomic E-state index is 14.3. The van der Waals surface area contributed by atoms with Crippen molar-refractivity contribution in [1.82, 2.24) is 4.98 Å². The summed E-state index contributed by atoms with van der Waals surface area (Å²) in [5, 5.41) is 0. The summed E-state index contributed by atoms with van der Waals surface area (Å²) < 4.78 is 27.5. The summed E-state index contributed by atoms with van der Waals surface area (Å²) >= 11 is 0. The number of carbonyl (C=O) groups excluding carboxylic acids is 1. The van der Waals surface area contributed by atoms with Crippen molar-refractivity contribution >= 4 is 11.6 Å². The van der Waals surface area contributed by atoms with Gasteiger partial charge in [-0.25, -0.2) is 8.78 Å². The average Bonchev–Trinajstić information content (AvgIpc) is 2.66. The normalized spacial score (nSPS) is 10.5. The highest BCUT2D eigenvalue weighted by atomic mass is 19.1. The van der Waals surface area contributed by atoms with Crippen LogP contribution in [0.15, 0.2) is 72.9 Å². The van der Waals surface area contributed by atoms with Crippen molar-refractivity contribution in [2.24, 2.45) is 0 Å². The first-order valence-electron chi connectivity index (χ1n) is 8.33. The largest absolute Gasteiger partial charge is 0.304 e. The van der Waals surface area contributed by atoms with E-state index in [1.165, 1.54) is 11.0 Å². The van der Waals surface area contributed by atoms with Crippen LogP contribution < -0.4 is 4.90 Å². The molecule has 26 heavy (non-hydrogen) atoms. The summed E-state index contributed by atoms with van der Waals surface area (Å²) in [6.07, 6.45) is 2.37. The lowest BCUT2D eigenvalue weighted by atomic mass is 10.1. The minimum absolute atomic E-state index is 0.0510. The third-order valence-corrected chi connectivity index (χ3v) is 4.02. The molecule has 3 rings (SSSR count). The number of benzene rings is 2. The van der Waals surface area contributed by atoms with Crippen LogP contribution in [0.2, 0.25) is 0 Å². The highest BCUT2D eigenvalue weighted by Gasteiger charge is 2.20. The van der Waals surface area contributed by atoms with Gasteiger partial charge in [0.2, 0.25) is 5.91 Å². The van der Waals surface area contributed by atoms with Crippen molar-refractivity contribution in [1.29, 1.82) is 0 Å². The number of hydrogen-bond donors (Lipinski definition) is 0. The van der Waals surface area contributed by atoms with E-state index in [2.05, 4.69) is 4.98 Å². The summed E-state index contributed by atoms with van der Waals surface area (Å²) in [4.78, 5) is 18.3. The van der Waals surface area contributed by atoms with E-state index in [1.54, 1.807) is 24.4 Å². The van der Waals surface area contributed by atoms with Gasteiger partial charge in [0.25, 0.3) is 0 Å². The second kappa shape index (κ2) is 8.34. The molecule has 5 heteroatoms. The van der Waals surface area contributed by atoms with E-state index in [1.807, 2.05) is 30.3 Å². The van der Waals surface area contributed by atoms with Crippen LogP contribution in [0, 0.1) is 11.6 Å². The van der Waals surface area contributed by atoms with Gasteiger partial charge in [0, 0.05) is 18.7 Å². The maximum Gasteiger partial charge on any atom is 0.227 e. The van der Waals surface area contributed by atoms with E-state index in [-0.39, 0.29) is 24.6 Å². The number of hydrogen-bond acceptors (Lipinski definition) is 2. The molecule has 1 amide bonds. The van der Waals surface area contributed by atoms with Gasteiger partial charge in [-0.3, -0.25) is 9.78 Å². The van der Waals surface area contributed by atoms with E-state index in [4.69, 9.17) is 0 Å². The number of halogens is 2. The number of aryl methyl sites for hydroxylation is 1. The van der Waals surface area contributed by atoms with E-state index in [0.29, 0.717) is 12.1 Å². The number of rotatable bonds is 6. The van der Waals surface area contributed by atoms with Gasteiger partial charge in [-0.05, 0) is 36.2 Å². The molecular formula is C21H18F2N2O. The molecule has 0 aliphatic rings. The van der Waals surface area contributed by atoms with Gasteiger partial charge in [0.05, 0.1) is 17.9 Å². The zero-order valence-corrected chi connectivity index (χ0v) is 14.1. The Morgan fingerprint density at radius 1 is 0.962 bits per heavy atom. The monoisotopic (exact) mass is 352 g/mol.